The zero-order valence-corrected chi connectivity index (χ0v) is 12.9. The van der Waals surface area contributed by atoms with Crippen LogP contribution in [0, 0.1) is 0 Å². The first-order valence-corrected chi connectivity index (χ1v) is 7.41. The summed E-state index contributed by atoms with van der Waals surface area (Å²) in [5, 5.41) is 0. The molecule has 2 aromatic carbocycles. The second-order valence-corrected chi connectivity index (χ2v) is 6.72. The molecule has 0 saturated heterocycles. The first-order chi connectivity index (χ1) is 9.51. The van der Waals surface area contributed by atoms with Gasteiger partial charge in [0, 0.05) is 17.4 Å². The average Bonchev–Trinajstić information content (AvgIpc) is 2.75. The highest BCUT2D eigenvalue weighted by Gasteiger charge is 2.41. The van der Waals surface area contributed by atoms with Gasteiger partial charge in [-0.15, -0.1) is 12.6 Å². The molecule has 2 aromatic rings. The van der Waals surface area contributed by atoms with E-state index in [2.05, 4.69) is 67.1 Å². The number of hydrogen-bond acceptors (Lipinski definition) is 3. The minimum atomic E-state index is 0.0150. The normalized spacial score (nSPS) is 18.0. The van der Waals surface area contributed by atoms with E-state index in [4.69, 9.17) is 12.6 Å². The number of thiol groups is 1. The summed E-state index contributed by atoms with van der Waals surface area (Å²) in [6, 6.07) is 13.1. The Labute approximate surface area is 125 Å². The molecule has 0 atom stereocenters. The van der Waals surface area contributed by atoms with Gasteiger partial charge in [0.15, 0.2) is 0 Å². The lowest BCUT2D eigenvalue weighted by molar-refractivity contribution is 0.626. The largest absolute Gasteiger partial charge is 0.355 e. The molecular formula is C17H18N2S. The van der Waals surface area contributed by atoms with Crippen molar-refractivity contribution in [3.8, 4) is 0 Å². The summed E-state index contributed by atoms with van der Waals surface area (Å²) in [6.45, 7) is 5.52. The lowest BCUT2D eigenvalue weighted by Crippen LogP contribution is -2.33. The van der Waals surface area contributed by atoms with Crippen molar-refractivity contribution in [3.05, 3.63) is 47.5 Å². The van der Waals surface area contributed by atoms with Gasteiger partial charge in [0.2, 0.25) is 0 Å². The van der Waals surface area contributed by atoms with E-state index in [0.29, 0.717) is 0 Å². The molecule has 2 heterocycles. The molecule has 2 aliphatic rings. The topological polar surface area (TPSA) is 6.48 Å². The maximum Gasteiger partial charge on any atom is 0.0950 e. The smallest absolute Gasteiger partial charge is 0.0950 e. The quantitative estimate of drug-likeness (QED) is 0.725. The van der Waals surface area contributed by atoms with Gasteiger partial charge in [-0.1, -0.05) is 38.1 Å². The molecule has 0 bridgehead atoms. The Bertz CT molecular complexity index is 721. The summed E-state index contributed by atoms with van der Waals surface area (Å²) in [7, 11) is 2.15. The Hall–Kier alpha value is -1.61. The minimum absolute atomic E-state index is 0.0150. The van der Waals surface area contributed by atoms with Gasteiger partial charge < -0.3 is 9.80 Å². The van der Waals surface area contributed by atoms with E-state index in [1.165, 1.54) is 28.2 Å². The Morgan fingerprint density at radius 2 is 1.65 bits per heavy atom. The van der Waals surface area contributed by atoms with Crippen molar-refractivity contribution >= 4 is 29.7 Å². The molecular weight excluding hydrogens is 264 g/mol. The lowest BCUT2D eigenvalue weighted by Gasteiger charge is -2.40. The number of anilines is 3. The molecule has 2 aliphatic heterocycles. The van der Waals surface area contributed by atoms with Gasteiger partial charge in [-0.3, -0.25) is 0 Å². The van der Waals surface area contributed by atoms with Crippen LogP contribution in [-0.2, 0) is 5.41 Å². The minimum Gasteiger partial charge on any atom is -0.355 e. The van der Waals surface area contributed by atoms with Gasteiger partial charge in [0.25, 0.3) is 0 Å². The molecule has 102 valence electrons. The highest BCUT2D eigenvalue weighted by molar-refractivity contribution is 7.80. The molecule has 0 aliphatic carbocycles. The zero-order valence-electron chi connectivity index (χ0n) is 12.0. The van der Waals surface area contributed by atoms with Gasteiger partial charge >= 0.3 is 0 Å². The van der Waals surface area contributed by atoms with E-state index >= 15 is 0 Å². The summed E-state index contributed by atoms with van der Waals surface area (Å²) in [6.07, 6.45) is 0. The lowest BCUT2D eigenvalue weighted by atomic mass is 9.74. The third-order valence-corrected chi connectivity index (χ3v) is 5.04. The monoisotopic (exact) mass is 282 g/mol. The average molecular weight is 282 g/mol. The zero-order chi connectivity index (χ0) is 14.1. The third-order valence-electron chi connectivity index (χ3n) is 4.68. The van der Waals surface area contributed by atoms with Crippen LogP contribution in [0.3, 0.4) is 0 Å². The van der Waals surface area contributed by atoms with Crippen LogP contribution in [0.1, 0.15) is 25.0 Å². The van der Waals surface area contributed by atoms with Crippen molar-refractivity contribution in [2.24, 2.45) is 0 Å². The van der Waals surface area contributed by atoms with E-state index in [9.17, 15) is 0 Å². The van der Waals surface area contributed by atoms with E-state index < -0.39 is 0 Å². The van der Waals surface area contributed by atoms with E-state index in [-0.39, 0.29) is 5.41 Å². The van der Waals surface area contributed by atoms with E-state index in [1.807, 2.05) is 0 Å². The molecule has 0 fully saturated rings. The molecule has 0 amide bonds. The molecule has 2 nitrogen and oxygen atoms in total. The highest BCUT2D eigenvalue weighted by atomic mass is 32.1. The summed E-state index contributed by atoms with van der Waals surface area (Å²) in [5.74, 6) is 0. The van der Waals surface area contributed by atoms with Crippen LogP contribution in [0.25, 0.3) is 0 Å². The molecule has 4 rings (SSSR count). The van der Waals surface area contributed by atoms with Gasteiger partial charge in [0.05, 0.1) is 23.7 Å². The van der Waals surface area contributed by atoms with E-state index in [1.54, 1.807) is 0 Å². The van der Waals surface area contributed by atoms with Gasteiger partial charge in [-0.2, -0.15) is 0 Å². The Kier molecular flexibility index (Phi) is 2.27. The molecule has 0 aromatic heterocycles. The van der Waals surface area contributed by atoms with Crippen molar-refractivity contribution in [1.29, 1.82) is 0 Å². The van der Waals surface area contributed by atoms with Crippen LogP contribution < -0.4 is 9.80 Å². The standard InChI is InChI=1S/C17H18N2S/c1-17(2)11-6-4-8-13-15(11)19(10-18(13)3)16-12(17)7-5-9-14(16)20/h4-9,20H,10H2,1-3H3. The fourth-order valence-electron chi connectivity index (χ4n) is 3.63. The number of nitrogens with zero attached hydrogens (tertiary/aromatic N) is 2. The summed E-state index contributed by atoms with van der Waals surface area (Å²) in [5.41, 5.74) is 6.73. The highest BCUT2D eigenvalue weighted by Crippen LogP contribution is 2.55. The first-order valence-electron chi connectivity index (χ1n) is 6.96. The van der Waals surface area contributed by atoms with Crippen LogP contribution in [-0.4, -0.2) is 13.7 Å². The van der Waals surface area contributed by atoms with E-state index in [0.717, 1.165) is 11.6 Å². The van der Waals surface area contributed by atoms with Gasteiger partial charge in [-0.25, -0.2) is 0 Å². The van der Waals surface area contributed by atoms with Gasteiger partial charge in [0.1, 0.15) is 0 Å². The van der Waals surface area contributed by atoms with Crippen LogP contribution in [0.4, 0.5) is 17.1 Å². The van der Waals surface area contributed by atoms with Crippen molar-refractivity contribution in [1.82, 2.24) is 0 Å². The summed E-state index contributed by atoms with van der Waals surface area (Å²) >= 11 is 4.71. The van der Waals surface area contributed by atoms with Crippen molar-refractivity contribution in [2.75, 3.05) is 23.5 Å². The number of fused-ring (bicyclic) bond motifs is 2. The van der Waals surface area contributed by atoms with Crippen LogP contribution in [0.15, 0.2) is 41.3 Å². The Morgan fingerprint density at radius 1 is 1.00 bits per heavy atom. The van der Waals surface area contributed by atoms with Crippen molar-refractivity contribution < 1.29 is 0 Å². The summed E-state index contributed by atoms with van der Waals surface area (Å²) < 4.78 is 0. The number of hydrogen-bond donors (Lipinski definition) is 1. The fraction of sp³-hybridized carbons (Fsp3) is 0.294. The molecule has 0 unspecified atom stereocenters. The Morgan fingerprint density at radius 3 is 2.40 bits per heavy atom. The SMILES string of the molecule is CN1CN2c3c(S)cccc3C(C)(C)c3cccc1c32. The van der Waals surface area contributed by atoms with Crippen molar-refractivity contribution in [2.45, 2.75) is 24.2 Å². The Balaban J connectivity index is 2.12. The number of para-hydroxylation sites is 2. The maximum atomic E-state index is 4.71. The second kappa shape index (κ2) is 3.73. The molecule has 3 heteroatoms. The first kappa shape index (κ1) is 12.2. The fourth-order valence-corrected chi connectivity index (χ4v) is 3.96. The van der Waals surface area contributed by atoms with Crippen LogP contribution >= 0.6 is 12.6 Å². The summed E-state index contributed by atoms with van der Waals surface area (Å²) in [4.78, 5) is 5.78. The maximum absolute atomic E-state index is 4.71. The molecule has 0 radical (unpaired) electrons. The van der Waals surface area contributed by atoms with Gasteiger partial charge in [-0.05, 0) is 23.3 Å². The van der Waals surface area contributed by atoms with Crippen LogP contribution in [0.2, 0.25) is 0 Å². The predicted octanol–water partition coefficient (Wildman–Crippen LogP) is 4.16. The molecule has 0 saturated carbocycles. The number of benzene rings is 2. The molecule has 0 N–H and O–H groups in total. The number of rotatable bonds is 0. The predicted molar refractivity (Wildman–Crippen MR) is 87.7 cm³/mol. The third kappa shape index (κ3) is 1.31. The molecule has 20 heavy (non-hydrogen) atoms. The van der Waals surface area contributed by atoms with Crippen molar-refractivity contribution in [3.63, 3.8) is 0 Å². The second-order valence-electron chi connectivity index (χ2n) is 6.24. The molecule has 0 spiro atoms. The van der Waals surface area contributed by atoms with Crippen LogP contribution in [0.5, 0.6) is 0 Å².